The predicted octanol–water partition coefficient (Wildman–Crippen LogP) is 2.07. The Morgan fingerprint density at radius 3 is 2.20 bits per heavy atom. The van der Waals surface area contributed by atoms with Crippen molar-refractivity contribution in [3.05, 3.63) is 59.7 Å². The standard InChI is InChI=1S/C19H24N2O8S/c1-5-11-19(17(22)28-3,18(23)29-4)12-14-20(13-6-2)30(26,27)16-10-8-7-9-15(16)21(24)25/h5-10H,1-2,11-14H2,3-4H3. The van der Waals surface area contributed by atoms with Gasteiger partial charge in [0, 0.05) is 19.2 Å². The Balaban J connectivity index is 3.41. The fourth-order valence-corrected chi connectivity index (χ4v) is 4.50. The minimum atomic E-state index is -4.35. The van der Waals surface area contributed by atoms with Crippen molar-refractivity contribution >= 4 is 27.6 Å². The molecule has 0 aliphatic heterocycles. The third-order valence-electron chi connectivity index (χ3n) is 4.45. The van der Waals surface area contributed by atoms with E-state index in [1.54, 1.807) is 0 Å². The van der Waals surface area contributed by atoms with Crippen molar-refractivity contribution in [2.24, 2.45) is 5.41 Å². The lowest BCUT2D eigenvalue weighted by atomic mass is 9.81. The fraction of sp³-hybridized carbons (Fsp3) is 0.368. The zero-order chi connectivity index (χ0) is 22.9. The topological polar surface area (TPSA) is 133 Å². The van der Waals surface area contributed by atoms with E-state index in [0.29, 0.717) is 0 Å². The highest BCUT2D eigenvalue weighted by Crippen LogP contribution is 2.33. The van der Waals surface area contributed by atoms with Gasteiger partial charge in [0.05, 0.1) is 19.1 Å². The van der Waals surface area contributed by atoms with Crippen LogP contribution in [-0.2, 0) is 29.1 Å². The number of allylic oxidation sites excluding steroid dienone is 1. The van der Waals surface area contributed by atoms with Gasteiger partial charge < -0.3 is 9.47 Å². The van der Waals surface area contributed by atoms with Crippen LogP contribution in [0.25, 0.3) is 0 Å². The highest BCUT2D eigenvalue weighted by molar-refractivity contribution is 7.89. The van der Waals surface area contributed by atoms with E-state index in [-0.39, 0.29) is 25.9 Å². The molecule has 30 heavy (non-hydrogen) atoms. The van der Waals surface area contributed by atoms with E-state index in [2.05, 4.69) is 13.2 Å². The first-order valence-corrected chi connectivity index (χ1v) is 10.2. The Hall–Kier alpha value is -3.05. The molecule has 11 heteroatoms. The van der Waals surface area contributed by atoms with E-state index in [0.717, 1.165) is 30.7 Å². The van der Waals surface area contributed by atoms with E-state index < -0.39 is 42.9 Å². The Kier molecular flexibility index (Phi) is 8.87. The van der Waals surface area contributed by atoms with E-state index in [1.807, 2.05) is 0 Å². The van der Waals surface area contributed by atoms with Gasteiger partial charge in [0.1, 0.15) is 0 Å². The molecule has 0 N–H and O–H groups in total. The second-order valence-electron chi connectivity index (χ2n) is 6.18. The minimum absolute atomic E-state index is 0.153. The SMILES string of the molecule is C=CCN(CCC(CC=C)(C(=O)OC)C(=O)OC)S(=O)(=O)c1ccccc1[N+](=O)[O-]. The summed E-state index contributed by atoms with van der Waals surface area (Å²) < 4.78 is 36.6. The summed E-state index contributed by atoms with van der Waals surface area (Å²) in [6, 6.07) is 4.89. The molecule has 1 aromatic carbocycles. The van der Waals surface area contributed by atoms with Crippen LogP contribution >= 0.6 is 0 Å². The number of nitro benzene ring substituents is 1. The average molecular weight is 440 g/mol. The lowest BCUT2D eigenvalue weighted by molar-refractivity contribution is -0.387. The smallest absolute Gasteiger partial charge is 0.323 e. The molecular formula is C19H24N2O8S. The number of hydrogen-bond acceptors (Lipinski definition) is 8. The Labute approximate surface area is 175 Å². The number of nitro groups is 1. The van der Waals surface area contributed by atoms with Crippen LogP contribution in [0.2, 0.25) is 0 Å². The number of carbonyl (C=O) groups is 2. The summed E-state index contributed by atoms with van der Waals surface area (Å²) in [6.07, 6.45) is 2.16. The summed E-state index contributed by atoms with van der Waals surface area (Å²) >= 11 is 0. The summed E-state index contributed by atoms with van der Waals surface area (Å²) in [5.74, 6) is -1.81. The van der Waals surface area contributed by atoms with Gasteiger partial charge >= 0.3 is 11.9 Å². The number of methoxy groups -OCH3 is 2. The van der Waals surface area contributed by atoms with Crippen LogP contribution in [0.5, 0.6) is 0 Å². The molecule has 0 heterocycles. The van der Waals surface area contributed by atoms with Crippen molar-refractivity contribution < 1.29 is 32.4 Å². The van der Waals surface area contributed by atoms with Gasteiger partial charge in [-0.1, -0.05) is 24.3 Å². The van der Waals surface area contributed by atoms with Crippen LogP contribution in [0.1, 0.15) is 12.8 Å². The molecule has 10 nitrogen and oxygen atoms in total. The van der Waals surface area contributed by atoms with Crippen molar-refractivity contribution in [3.8, 4) is 0 Å². The summed E-state index contributed by atoms with van der Waals surface area (Å²) in [4.78, 5) is 34.8. The van der Waals surface area contributed by atoms with Crippen molar-refractivity contribution in [1.82, 2.24) is 4.31 Å². The third kappa shape index (κ3) is 5.10. The molecule has 1 aromatic rings. The number of sulfonamides is 1. The van der Waals surface area contributed by atoms with Crippen LogP contribution in [0.4, 0.5) is 5.69 Å². The molecule has 164 valence electrons. The molecule has 0 amide bonds. The van der Waals surface area contributed by atoms with Crippen molar-refractivity contribution in [3.63, 3.8) is 0 Å². The Bertz CT molecular complexity index is 910. The van der Waals surface area contributed by atoms with Gasteiger partial charge in [-0.3, -0.25) is 19.7 Å². The maximum atomic E-state index is 13.1. The summed E-state index contributed by atoms with van der Waals surface area (Å²) in [5.41, 5.74) is -2.41. The number of nitrogens with zero attached hydrogens (tertiary/aromatic N) is 2. The Morgan fingerprint density at radius 1 is 1.17 bits per heavy atom. The number of para-hydroxylation sites is 1. The largest absolute Gasteiger partial charge is 0.468 e. The highest BCUT2D eigenvalue weighted by Gasteiger charge is 2.48. The molecule has 0 aliphatic rings. The summed E-state index contributed by atoms with van der Waals surface area (Å²) in [5, 5.41) is 11.3. The molecule has 1 rings (SSSR count). The fourth-order valence-electron chi connectivity index (χ4n) is 2.93. The van der Waals surface area contributed by atoms with Crippen molar-refractivity contribution in [1.29, 1.82) is 0 Å². The highest BCUT2D eigenvalue weighted by atomic mass is 32.2. The molecule has 0 saturated carbocycles. The Morgan fingerprint density at radius 2 is 1.73 bits per heavy atom. The number of carbonyl (C=O) groups excluding carboxylic acids is 2. The quantitative estimate of drug-likeness (QED) is 0.159. The number of benzene rings is 1. The molecule has 0 aliphatic carbocycles. The maximum Gasteiger partial charge on any atom is 0.323 e. The summed E-state index contributed by atoms with van der Waals surface area (Å²) in [7, 11) is -2.17. The van der Waals surface area contributed by atoms with Crippen molar-refractivity contribution in [2.75, 3.05) is 27.3 Å². The van der Waals surface area contributed by atoms with Crippen molar-refractivity contribution in [2.45, 2.75) is 17.7 Å². The lowest BCUT2D eigenvalue weighted by Crippen LogP contribution is -2.44. The minimum Gasteiger partial charge on any atom is -0.468 e. The molecule has 0 atom stereocenters. The first-order chi connectivity index (χ1) is 14.1. The molecule has 0 aromatic heterocycles. The third-order valence-corrected chi connectivity index (χ3v) is 6.36. The van der Waals surface area contributed by atoms with Gasteiger partial charge in [-0.2, -0.15) is 4.31 Å². The second-order valence-corrected chi connectivity index (χ2v) is 8.09. The molecular weight excluding hydrogens is 416 g/mol. The van der Waals surface area contributed by atoms with Crippen LogP contribution in [0.15, 0.2) is 54.5 Å². The predicted molar refractivity (Wildman–Crippen MR) is 108 cm³/mol. The number of rotatable bonds is 12. The van der Waals surface area contributed by atoms with E-state index in [4.69, 9.17) is 9.47 Å². The molecule has 0 saturated heterocycles. The van der Waals surface area contributed by atoms with Crippen LogP contribution in [0, 0.1) is 15.5 Å². The van der Waals surface area contributed by atoms with Gasteiger partial charge in [-0.15, -0.1) is 13.2 Å². The van der Waals surface area contributed by atoms with Gasteiger partial charge in [-0.25, -0.2) is 8.42 Å². The first kappa shape index (κ1) is 25.0. The van der Waals surface area contributed by atoms with Crippen LogP contribution in [0.3, 0.4) is 0 Å². The molecule has 0 bridgehead atoms. The lowest BCUT2D eigenvalue weighted by Gasteiger charge is -2.29. The molecule has 0 radical (unpaired) electrons. The number of esters is 2. The zero-order valence-electron chi connectivity index (χ0n) is 16.8. The first-order valence-electron chi connectivity index (χ1n) is 8.74. The van der Waals surface area contributed by atoms with Gasteiger partial charge in [0.25, 0.3) is 5.69 Å². The van der Waals surface area contributed by atoms with Gasteiger partial charge in [0.2, 0.25) is 10.0 Å². The number of hydrogen-bond donors (Lipinski definition) is 0. The van der Waals surface area contributed by atoms with Crippen LogP contribution in [-0.4, -0.2) is 56.9 Å². The maximum absolute atomic E-state index is 13.1. The van der Waals surface area contributed by atoms with E-state index in [9.17, 15) is 28.1 Å². The average Bonchev–Trinajstić information content (AvgIpc) is 2.74. The monoisotopic (exact) mass is 440 g/mol. The van der Waals surface area contributed by atoms with E-state index >= 15 is 0 Å². The molecule has 0 unspecified atom stereocenters. The second kappa shape index (κ2) is 10.6. The van der Waals surface area contributed by atoms with Gasteiger partial charge in [-0.05, 0) is 18.9 Å². The molecule has 0 spiro atoms. The summed E-state index contributed by atoms with van der Waals surface area (Å²) in [6.45, 7) is 6.50. The van der Waals surface area contributed by atoms with Gasteiger partial charge in [0.15, 0.2) is 10.3 Å². The van der Waals surface area contributed by atoms with Crippen LogP contribution < -0.4 is 0 Å². The number of ether oxygens (including phenoxy) is 2. The molecule has 0 fully saturated rings. The van der Waals surface area contributed by atoms with E-state index in [1.165, 1.54) is 24.3 Å². The normalized spacial score (nSPS) is 11.6. The zero-order valence-corrected chi connectivity index (χ0v) is 17.6.